The Balaban J connectivity index is 1.61. The van der Waals surface area contributed by atoms with E-state index in [-0.39, 0.29) is 0 Å². The first kappa shape index (κ1) is 14.0. The van der Waals surface area contributed by atoms with Crippen LogP contribution in [0, 0.1) is 11.9 Å². The largest absolute Gasteiger partial charge is 0.366 e. The van der Waals surface area contributed by atoms with Gasteiger partial charge in [-0.1, -0.05) is 43.3 Å². The van der Waals surface area contributed by atoms with Gasteiger partial charge in [-0.25, -0.2) is 4.98 Å². The van der Waals surface area contributed by atoms with Gasteiger partial charge in [-0.05, 0) is 23.6 Å². The molecule has 1 N–H and O–H groups in total. The van der Waals surface area contributed by atoms with Crippen LogP contribution in [0.15, 0.2) is 48.5 Å². The second-order valence-electron chi connectivity index (χ2n) is 5.75. The Hall–Kier alpha value is -1.94. The molecule has 1 aliphatic rings. The molecule has 0 spiro atoms. The Morgan fingerprint density at radius 1 is 1.14 bits per heavy atom. The van der Waals surface area contributed by atoms with Gasteiger partial charge in [0.2, 0.25) is 5.95 Å². The lowest BCUT2D eigenvalue weighted by Gasteiger charge is -2.17. The third-order valence-corrected chi connectivity index (χ3v) is 3.99. The number of likely N-dealkylation sites (tertiary alicyclic amines) is 1. The average Bonchev–Trinajstić information content (AvgIpc) is 2.80. The van der Waals surface area contributed by atoms with Crippen molar-refractivity contribution in [3.8, 4) is 0 Å². The quantitative estimate of drug-likeness (QED) is 0.875. The number of nitrogens with one attached hydrogen (secondary N) is 1. The van der Waals surface area contributed by atoms with Crippen LogP contribution in [0.25, 0.3) is 0 Å². The molecule has 1 aliphatic heterocycles. The fourth-order valence-electron chi connectivity index (χ4n) is 2.90. The van der Waals surface area contributed by atoms with Crippen LogP contribution in [0.4, 0.5) is 10.2 Å². The molecular weight excluding hydrogens is 265 g/mol. The summed E-state index contributed by atoms with van der Waals surface area (Å²) in [7, 11) is 0. The molecule has 0 saturated carbocycles. The molecule has 21 heavy (non-hydrogen) atoms. The van der Waals surface area contributed by atoms with E-state index in [0.717, 1.165) is 19.6 Å². The van der Waals surface area contributed by atoms with Crippen LogP contribution >= 0.6 is 0 Å². The zero-order valence-electron chi connectivity index (χ0n) is 12.2. The van der Waals surface area contributed by atoms with Crippen LogP contribution in [0.2, 0.25) is 0 Å². The first-order valence-corrected chi connectivity index (χ1v) is 7.36. The number of nitrogens with zero attached hydrogens (tertiary/aromatic N) is 2. The summed E-state index contributed by atoms with van der Waals surface area (Å²) in [5, 5.41) is 3.35. The predicted octanol–water partition coefficient (Wildman–Crippen LogP) is 3.15. The normalized spacial score (nSPS) is 22.4. The van der Waals surface area contributed by atoms with Crippen molar-refractivity contribution in [3.05, 3.63) is 60.0 Å². The second-order valence-corrected chi connectivity index (χ2v) is 5.75. The molecule has 1 aromatic heterocycles. The minimum absolute atomic E-state index is 0.308. The molecule has 0 radical (unpaired) electrons. The molecule has 1 fully saturated rings. The SMILES string of the molecule is CC1CN(Cc2ccccc2)CC1Nc1cccc(F)n1. The molecule has 2 unspecified atom stereocenters. The molecule has 110 valence electrons. The van der Waals surface area contributed by atoms with E-state index in [2.05, 4.69) is 46.4 Å². The molecule has 2 heterocycles. The maximum atomic E-state index is 13.1. The predicted molar refractivity (Wildman–Crippen MR) is 82.5 cm³/mol. The zero-order valence-corrected chi connectivity index (χ0v) is 12.2. The molecule has 0 amide bonds. The second kappa shape index (κ2) is 6.22. The highest BCUT2D eigenvalue weighted by molar-refractivity contribution is 5.35. The third-order valence-electron chi connectivity index (χ3n) is 3.99. The van der Waals surface area contributed by atoms with Crippen molar-refractivity contribution >= 4 is 5.82 Å². The highest BCUT2D eigenvalue weighted by Crippen LogP contribution is 2.21. The summed E-state index contributed by atoms with van der Waals surface area (Å²) in [6.07, 6.45) is 0. The van der Waals surface area contributed by atoms with Crippen LogP contribution in [0.3, 0.4) is 0 Å². The maximum Gasteiger partial charge on any atom is 0.214 e. The number of benzene rings is 1. The Morgan fingerprint density at radius 3 is 2.71 bits per heavy atom. The number of halogens is 1. The minimum Gasteiger partial charge on any atom is -0.366 e. The van der Waals surface area contributed by atoms with E-state index < -0.39 is 5.95 Å². The van der Waals surface area contributed by atoms with Crippen molar-refractivity contribution in [2.45, 2.75) is 19.5 Å². The zero-order chi connectivity index (χ0) is 14.7. The van der Waals surface area contributed by atoms with Gasteiger partial charge in [0.15, 0.2) is 0 Å². The Kier molecular flexibility index (Phi) is 4.15. The fourth-order valence-corrected chi connectivity index (χ4v) is 2.90. The van der Waals surface area contributed by atoms with E-state index in [0.29, 0.717) is 17.8 Å². The number of rotatable bonds is 4. The summed E-state index contributed by atoms with van der Waals surface area (Å²) in [6, 6.07) is 15.7. The van der Waals surface area contributed by atoms with Crippen molar-refractivity contribution in [1.29, 1.82) is 0 Å². The first-order chi connectivity index (χ1) is 10.2. The van der Waals surface area contributed by atoms with Gasteiger partial charge < -0.3 is 5.32 Å². The van der Waals surface area contributed by atoms with Gasteiger partial charge >= 0.3 is 0 Å². The number of aromatic nitrogens is 1. The Labute approximate surface area is 124 Å². The highest BCUT2D eigenvalue weighted by atomic mass is 19.1. The van der Waals surface area contributed by atoms with Crippen molar-refractivity contribution in [2.75, 3.05) is 18.4 Å². The van der Waals surface area contributed by atoms with Crippen molar-refractivity contribution in [1.82, 2.24) is 9.88 Å². The number of pyridine rings is 1. The van der Waals surface area contributed by atoms with Gasteiger partial charge in [0.05, 0.1) is 0 Å². The summed E-state index contributed by atoms with van der Waals surface area (Å²) >= 11 is 0. The number of hydrogen-bond donors (Lipinski definition) is 1. The number of hydrogen-bond acceptors (Lipinski definition) is 3. The summed E-state index contributed by atoms with van der Waals surface area (Å²) in [6.45, 7) is 5.18. The van der Waals surface area contributed by atoms with E-state index >= 15 is 0 Å². The minimum atomic E-state index is -0.438. The molecule has 0 bridgehead atoms. The molecule has 1 aromatic carbocycles. The van der Waals surface area contributed by atoms with Gasteiger partial charge in [-0.15, -0.1) is 0 Å². The van der Waals surface area contributed by atoms with Crippen molar-refractivity contribution < 1.29 is 4.39 Å². The lowest BCUT2D eigenvalue weighted by Crippen LogP contribution is -2.28. The van der Waals surface area contributed by atoms with Crippen LogP contribution in [0.1, 0.15) is 12.5 Å². The lowest BCUT2D eigenvalue weighted by atomic mass is 10.1. The summed E-state index contributed by atoms with van der Waals surface area (Å²) in [5.41, 5.74) is 1.33. The standard InChI is InChI=1S/C17H20FN3/c1-13-10-21(11-14-6-3-2-4-7-14)12-15(13)19-17-9-5-8-16(18)20-17/h2-9,13,15H,10-12H2,1H3,(H,19,20). The van der Waals surface area contributed by atoms with Crippen LogP contribution < -0.4 is 5.32 Å². The van der Waals surface area contributed by atoms with Crippen molar-refractivity contribution in [2.24, 2.45) is 5.92 Å². The molecule has 3 rings (SSSR count). The van der Waals surface area contributed by atoms with Gasteiger partial charge in [0, 0.05) is 25.7 Å². The van der Waals surface area contributed by atoms with Gasteiger partial charge in [-0.2, -0.15) is 4.39 Å². The monoisotopic (exact) mass is 285 g/mol. The lowest BCUT2D eigenvalue weighted by molar-refractivity contribution is 0.319. The van der Waals surface area contributed by atoms with Crippen LogP contribution in [-0.4, -0.2) is 29.0 Å². The third kappa shape index (κ3) is 3.58. The molecule has 1 saturated heterocycles. The Bertz CT molecular complexity index is 588. The number of anilines is 1. The van der Waals surface area contributed by atoms with Gasteiger partial charge in [0.25, 0.3) is 0 Å². The summed E-state index contributed by atoms with van der Waals surface area (Å²) < 4.78 is 13.1. The van der Waals surface area contributed by atoms with Crippen LogP contribution in [0.5, 0.6) is 0 Å². The van der Waals surface area contributed by atoms with Gasteiger partial charge in [-0.3, -0.25) is 4.90 Å². The fraction of sp³-hybridized carbons (Fsp3) is 0.353. The average molecular weight is 285 g/mol. The highest BCUT2D eigenvalue weighted by Gasteiger charge is 2.29. The van der Waals surface area contributed by atoms with E-state index in [1.807, 2.05) is 12.1 Å². The summed E-state index contributed by atoms with van der Waals surface area (Å²) in [4.78, 5) is 6.31. The smallest absolute Gasteiger partial charge is 0.214 e. The van der Waals surface area contributed by atoms with E-state index in [4.69, 9.17) is 0 Å². The van der Waals surface area contributed by atoms with E-state index in [9.17, 15) is 4.39 Å². The molecule has 2 atom stereocenters. The molecule has 2 aromatic rings. The molecule has 3 nitrogen and oxygen atoms in total. The Morgan fingerprint density at radius 2 is 1.95 bits per heavy atom. The topological polar surface area (TPSA) is 28.2 Å². The van der Waals surface area contributed by atoms with Crippen molar-refractivity contribution in [3.63, 3.8) is 0 Å². The maximum absolute atomic E-state index is 13.1. The summed E-state index contributed by atoms with van der Waals surface area (Å²) in [5.74, 6) is 0.694. The van der Waals surface area contributed by atoms with Crippen LogP contribution in [-0.2, 0) is 6.54 Å². The van der Waals surface area contributed by atoms with E-state index in [1.54, 1.807) is 6.07 Å². The molecule has 0 aliphatic carbocycles. The first-order valence-electron chi connectivity index (χ1n) is 7.36. The molecular formula is C17H20FN3. The van der Waals surface area contributed by atoms with Gasteiger partial charge in [0.1, 0.15) is 5.82 Å². The molecule has 4 heteroatoms. The van der Waals surface area contributed by atoms with E-state index in [1.165, 1.54) is 11.6 Å².